The van der Waals surface area contributed by atoms with E-state index in [0.29, 0.717) is 5.41 Å². The van der Waals surface area contributed by atoms with Crippen molar-refractivity contribution in [3.05, 3.63) is 0 Å². The largest absolute Gasteiger partial charge is 0.317 e. The Kier molecular flexibility index (Phi) is 2.61. The van der Waals surface area contributed by atoms with Gasteiger partial charge in [0.15, 0.2) is 0 Å². The molecule has 13 heavy (non-hydrogen) atoms. The van der Waals surface area contributed by atoms with E-state index in [0.717, 1.165) is 11.8 Å². The van der Waals surface area contributed by atoms with E-state index in [9.17, 15) is 0 Å². The van der Waals surface area contributed by atoms with Gasteiger partial charge in [-0.2, -0.15) is 0 Å². The van der Waals surface area contributed by atoms with Gasteiger partial charge in [-0.1, -0.05) is 13.8 Å². The highest BCUT2D eigenvalue weighted by atomic mass is 15.0. The Bertz CT molecular complexity index is 153. The molecule has 0 aromatic rings. The highest BCUT2D eigenvalue weighted by molar-refractivity contribution is 5.10. The quantitative estimate of drug-likeness (QED) is 0.589. The first kappa shape index (κ1) is 9.47. The second-order valence-corrected chi connectivity index (χ2v) is 5.15. The molecule has 0 spiro atoms. The van der Waals surface area contributed by atoms with Gasteiger partial charge in [-0.25, -0.2) is 0 Å². The molecule has 3 aliphatic rings. The van der Waals surface area contributed by atoms with Crippen molar-refractivity contribution < 1.29 is 0 Å². The van der Waals surface area contributed by atoms with Gasteiger partial charge in [0.1, 0.15) is 0 Å². The van der Waals surface area contributed by atoms with Crippen LogP contribution in [-0.2, 0) is 0 Å². The summed E-state index contributed by atoms with van der Waals surface area (Å²) in [5.74, 6) is 2.03. The van der Waals surface area contributed by atoms with E-state index in [2.05, 4.69) is 24.5 Å². The Morgan fingerprint density at radius 3 is 1.69 bits per heavy atom. The monoisotopic (exact) mass is 182 g/mol. The second kappa shape index (κ2) is 3.58. The molecule has 76 valence electrons. The van der Waals surface area contributed by atoms with E-state index in [1.165, 1.54) is 39.0 Å². The molecule has 0 aromatic carbocycles. The van der Waals surface area contributed by atoms with Crippen molar-refractivity contribution in [2.24, 2.45) is 17.3 Å². The topological polar surface area (TPSA) is 24.1 Å². The molecular formula is C11H22N2. The van der Waals surface area contributed by atoms with Crippen molar-refractivity contribution >= 4 is 0 Å². The summed E-state index contributed by atoms with van der Waals surface area (Å²) in [5, 5.41) is 6.60. The molecule has 1 aliphatic carbocycles. The number of piperidine rings is 1. The molecule has 2 heteroatoms. The van der Waals surface area contributed by atoms with Crippen molar-refractivity contribution in [3.63, 3.8) is 0 Å². The SMILES string of the molecule is C1CCNC1.CC1(C)C2CNCC21. The second-order valence-electron chi connectivity index (χ2n) is 5.15. The van der Waals surface area contributed by atoms with Crippen LogP contribution in [-0.4, -0.2) is 26.2 Å². The predicted octanol–water partition coefficient (Wildman–Crippen LogP) is 1.23. The summed E-state index contributed by atoms with van der Waals surface area (Å²) in [6.45, 7) is 9.81. The molecule has 0 aromatic heterocycles. The fourth-order valence-corrected chi connectivity index (χ4v) is 2.69. The van der Waals surface area contributed by atoms with Crippen LogP contribution in [0.15, 0.2) is 0 Å². The first-order valence-electron chi connectivity index (χ1n) is 5.64. The van der Waals surface area contributed by atoms with Crippen LogP contribution in [0.2, 0.25) is 0 Å². The van der Waals surface area contributed by atoms with Gasteiger partial charge in [-0.05, 0) is 56.3 Å². The Morgan fingerprint density at radius 1 is 0.923 bits per heavy atom. The molecule has 1 saturated carbocycles. The van der Waals surface area contributed by atoms with E-state index < -0.39 is 0 Å². The number of hydrogen-bond acceptors (Lipinski definition) is 2. The molecule has 2 unspecified atom stereocenters. The normalized spacial score (nSPS) is 39.2. The van der Waals surface area contributed by atoms with Crippen molar-refractivity contribution in [1.29, 1.82) is 0 Å². The summed E-state index contributed by atoms with van der Waals surface area (Å²) >= 11 is 0. The fourth-order valence-electron chi connectivity index (χ4n) is 2.69. The standard InChI is InChI=1S/C7H13N.C4H9N/c1-7(2)5-3-8-4-6(5)7;1-2-4-5-3-1/h5-6,8H,3-4H2,1-2H3;5H,1-4H2. The predicted molar refractivity (Wildman–Crippen MR) is 55.7 cm³/mol. The summed E-state index contributed by atoms with van der Waals surface area (Å²) < 4.78 is 0. The lowest BCUT2D eigenvalue weighted by Crippen LogP contribution is -2.17. The van der Waals surface area contributed by atoms with E-state index in [1.807, 2.05) is 0 Å². The lowest BCUT2D eigenvalue weighted by molar-refractivity contribution is 0.475. The van der Waals surface area contributed by atoms with E-state index in [4.69, 9.17) is 0 Å². The number of fused-ring (bicyclic) bond motifs is 1. The third-order valence-electron chi connectivity index (χ3n) is 3.97. The summed E-state index contributed by atoms with van der Waals surface area (Å²) in [4.78, 5) is 0. The molecule has 3 rings (SSSR count). The first-order chi connectivity index (χ1) is 6.23. The number of hydrogen-bond donors (Lipinski definition) is 2. The molecular weight excluding hydrogens is 160 g/mol. The Hall–Kier alpha value is -0.0800. The molecule has 2 N–H and O–H groups in total. The van der Waals surface area contributed by atoms with Gasteiger partial charge < -0.3 is 10.6 Å². The van der Waals surface area contributed by atoms with Crippen LogP contribution in [0.5, 0.6) is 0 Å². The molecule has 2 aliphatic heterocycles. The summed E-state index contributed by atoms with van der Waals surface area (Å²) in [6.07, 6.45) is 2.78. The third kappa shape index (κ3) is 1.89. The van der Waals surface area contributed by atoms with Crippen LogP contribution < -0.4 is 10.6 Å². The Balaban J connectivity index is 0.000000113. The highest BCUT2D eigenvalue weighted by Crippen LogP contribution is 2.59. The van der Waals surface area contributed by atoms with Crippen LogP contribution in [0.1, 0.15) is 26.7 Å². The van der Waals surface area contributed by atoms with Crippen LogP contribution in [0.3, 0.4) is 0 Å². The van der Waals surface area contributed by atoms with E-state index in [1.54, 1.807) is 0 Å². The zero-order chi connectivity index (χ0) is 9.31. The zero-order valence-corrected chi connectivity index (χ0v) is 8.90. The number of nitrogens with one attached hydrogen (secondary N) is 2. The fraction of sp³-hybridized carbons (Fsp3) is 1.00. The molecule has 2 heterocycles. The van der Waals surface area contributed by atoms with Crippen molar-refractivity contribution in [3.8, 4) is 0 Å². The maximum Gasteiger partial charge on any atom is -0.00118 e. The van der Waals surface area contributed by atoms with E-state index in [-0.39, 0.29) is 0 Å². The summed E-state index contributed by atoms with van der Waals surface area (Å²) in [7, 11) is 0. The molecule has 2 atom stereocenters. The minimum Gasteiger partial charge on any atom is -0.317 e. The maximum absolute atomic E-state index is 3.38. The highest BCUT2D eigenvalue weighted by Gasteiger charge is 2.59. The van der Waals surface area contributed by atoms with Gasteiger partial charge in [0, 0.05) is 0 Å². The molecule has 0 amide bonds. The first-order valence-corrected chi connectivity index (χ1v) is 5.64. The van der Waals surface area contributed by atoms with Crippen LogP contribution in [0.25, 0.3) is 0 Å². The van der Waals surface area contributed by atoms with Gasteiger partial charge in [0.05, 0.1) is 0 Å². The average molecular weight is 182 g/mol. The van der Waals surface area contributed by atoms with Gasteiger partial charge >= 0.3 is 0 Å². The van der Waals surface area contributed by atoms with Crippen molar-refractivity contribution in [2.45, 2.75) is 26.7 Å². The van der Waals surface area contributed by atoms with Crippen molar-refractivity contribution in [2.75, 3.05) is 26.2 Å². The average Bonchev–Trinajstić information content (AvgIpc) is 2.69. The van der Waals surface area contributed by atoms with Crippen LogP contribution in [0.4, 0.5) is 0 Å². The molecule has 3 fully saturated rings. The molecule has 2 saturated heterocycles. The van der Waals surface area contributed by atoms with Crippen molar-refractivity contribution in [1.82, 2.24) is 10.6 Å². The Labute approximate surface area is 81.5 Å². The smallest absolute Gasteiger partial charge is 0.00118 e. The van der Waals surface area contributed by atoms with Crippen LogP contribution in [0, 0.1) is 17.3 Å². The zero-order valence-electron chi connectivity index (χ0n) is 8.90. The molecule has 0 radical (unpaired) electrons. The molecule has 2 nitrogen and oxygen atoms in total. The number of rotatable bonds is 0. The maximum atomic E-state index is 3.38. The van der Waals surface area contributed by atoms with Crippen LogP contribution >= 0.6 is 0 Å². The summed E-state index contributed by atoms with van der Waals surface area (Å²) in [5.41, 5.74) is 0.700. The van der Waals surface area contributed by atoms with Gasteiger partial charge in [-0.3, -0.25) is 0 Å². The lowest BCUT2D eigenvalue weighted by Gasteiger charge is -2.06. The minimum atomic E-state index is 0.700. The Morgan fingerprint density at radius 2 is 1.46 bits per heavy atom. The minimum absolute atomic E-state index is 0.700. The van der Waals surface area contributed by atoms with Gasteiger partial charge in [-0.15, -0.1) is 0 Å². The third-order valence-corrected chi connectivity index (χ3v) is 3.97. The van der Waals surface area contributed by atoms with Gasteiger partial charge in [0.2, 0.25) is 0 Å². The van der Waals surface area contributed by atoms with Gasteiger partial charge in [0.25, 0.3) is 0 Å². The molecule has 0 bridgehead atoms. The van der Waals surface area contributed by atoms with E-state index >= 15 is 0 Å². The lowest BCUT2D eigenvalue weighted by atomic mass is 10.1. The summed E-state index contributed by atoms with van der Waals surface area (Å²) in [6, 6.07) is 0.